The van der Waals surface area contributed by atoms with Crippen molar-refractivity contribution >= 4 is 23.5 Å². The van der Waals surface area contributed by atoms with Crippen LogP contribution in [0.25, 0.3) is 0 Å². The molecular formula is C20H17FN4O3. The predicted molar refractivity (Wildman–Crippen MR) is 98.4 cm³/mol. The number of rotatable bonds is 5. The molecule has 1 atom stereocenters. The Bertz CT molecular complexity index is 984. The molecule has 7 nitrogen and oxygen atoms in total. The molecule has 2 aromatic rings. The molecule has 0 bridgehead atoms. The van der Waals surface area contributed by atoms with Crippen molar-refractivity contribution in [3.05, 3.63) is 65.5 Å². The maximum absolute atomic E-state index is 13.2. The number of hydrogen-bond donors (Lipinski definition) is 2. The minimum Gasteiger partial charge on any atom is -0.324 e. The van der Waals surface area contributed by atoms with Crippen LogP contribution in [-0.2, 0) is 15.1 Å². The van der Waals surface area contributed by atoms with E-state index in [1.807, 2.05) is 6.07 Å². The lowest BCUT2D eigenvalue weighted by atomic mass is 9.87. The SMILES string of the molecule is CC[C@]1(c2ccc(F)cc2)NC(=O)N(CC(=O)Nc2cccc(C#N)c2)C1=O. The molecule has 0 unspecified atom stereocenters. The van der Waals surface area contributed by atoms with Crippen molar-refractivity contribution in [2.24, 2.45) is 0 Å². The third kappa shape index (κ3) is 3.42. The van der Waals surface area contributed by atoms with Crippen LogP contribution in [0.4, 0.5) is 14.9 Å². The molecule has 1 aliphatic heterocycles. The first-order valence-corrected chi connectivity index (χ1v) is 8.60. The number of carbonyl (C=O) groups is 3. The molecule has 1 heterocycles. The molecule has 3 rings (SSSR count). The van der Waals surface area contributed by atoms with Crippen LogP contribution in [0, 0.1) is 17.1 Å². The van der Waals surface area contributed by atoms with Crippen LogP contribution in [0.15, 0.2) is 48.5 Å². The van der Waals surface area contributed by atoms with Crippen molar-refractivity contribution < 1.29 is 18.8 Å². The van der Waals surface area contributed by atoms with Crippen LogP contribution < -0.4 is 10.6 Å². The Kier molecular flexibility index (Phi) is 5.09. The highest BCUT2D eigenvalue weighted by Crippen LogP contribution is 2.32. The highest BCUT2D eigenvalue weighted by molar-refractivity contribution is 6.10. The first-order chi connectivity index (χ1) is 13.4. The summed E-state index contributed by atoms with van der Waals surface area (Å²) >= 11 is 0. The summed E-state index contributed by atoms with van der Waals surface area (Å²) in [6.45, 7) is 1.24. The fraction of sp³-hybridized carbons (Fsp3) is 0.200. The maximum atomic E-state index is 13.2. The van der Waals surface area contributed by atoms with Gasteiger partial charge in [-0.2, -0.15) is 5.26 Å². The zero-order valence-electron chi connectivity index (χ0n) is 15.0. The number of imide groups is 1. The average Bonchev–Trinajstić information content (AvgIpc) is 2.93. The minimum atomic E-state index is -1.34. The maximum Gasteiger partial charge on any atom is 0.325 e. The van der Waals surface area contributed by atoms with Gasteiger partial charge in [0.1, 0.15) is 17.9 Å². The van der Waals surface area contributed by atoms with E-state index in [1.165, 1.54) is 30.3 Å². The van der Waals surface area contributed by atoms with Crippen molar-refractivity contribution in [3.63, 3.8) is 0 Å². The van der Waals surface area contributed by atoms with Crippen LogP contribution in [0.2, 0.25) is 0 Å². The van der Waals surface area contributed by atoms with Crippen LogP contribution >= 0.6 is 0 Å². The first-order valence-electron chi connectivity index (χ1n) is 8.60. The van der Waals surface area contributed by atoms with E-state index < -0.39 is 35.7 Å². The molecule has 1 fully saturated rings. The second-order valence-electron chi connectivity index (χ2n) is 6.33. The van der Waals surface area contributed by atoms with E-state index in [1.54, 1.807) is 25.1 Å². The Morgan fingerprint density at radius 1 is 1.25 bits per heavy atom. The van der Waals surface area contributed by atoms with Crippen LogP contribution in [-0.4, -0.2) is 29.3 Å². The molecule has 1 saturated heterocycles. The topological polar surface area (TPSA) is 102 Å². The van der Waals surface area contributed by atoms with Crippen molar-refractivity contribution in [1.29, 1.82) is 5.26 Å². The molecular weight excluding hydrogens is 363 g/mol. The molecule has 2 aromatic carbocycles. The fourth-order valence-corrected chi connectivity index (χ4v) is 3.15. The summed E-state index contributed by atoms with van der Waals surface area (Å²) in [6, 6.07) is 12.8. The Hall–Kier alpha value is -3.73. The summed E-state index contributed by atoms with van der Waals surface area (Å²) in [5, 5.41) is 14.1. The van der Waals surface area contributed by atoms with Gasteiger partial charge in [-0.3, -0.25) is 14.5 Å². The molecule has 28 heavy (non-hydrogen) atoms. The Morgan fingerprint density at radius 3 is 2.61 bits per heavy atom. The van der Waals surface area contributed by atoms with E-state index in [-0.39, 0.29) is 6.42 Å². The van der Waals surface area contributed by atoms with Gasteiger partial charge in [0.25, 0.3) is 5.91 Å². The summed E-state index contributed by atoms with van der Waals surface area (Å²) in [5.41, 5.74) is -0.143. The number of nitriles is 1. The summed E-state index contributed by atoms with van der Waals surface area (Å²) in [5.74, 6) is -1.61. The number of halogens is 1. The molecule has 142 valence electrons. The zero-order chi connectivity index (χ0) is 20.3. The Morgan fingerprint density at radius 2 is 1.96 bits per heavy atom. The standard InChI is InChI=1S/C20H17FN4O3/c1-2-20(14-6-8-15(21)9-7-14)18(27)25(19(28)24-20)12-17(26)23-16-5-3-4-13(10-16)11-22/h3-10H,2,12H2,1H3,(H,23,26)(H,24,28)/t20-/m1/s1. The van der Waals surface area contributed by atoms with Gasteiger partial charge in [0.15, 0.2) is 0 Å². The number of anilines is 1. The van der Waals surface area contributed by atoms with E-state index in [9.17, 15) is 18.8 Å². The van der Waals surface area contributed by atoms with Gasteiger partial charge >= 0.3 is 6.03 Å². The highest BCUT2D eigenvalue weighted by atomic mass is 19.1. The van der Waals surface area contributed by atoms with Gasteiger partial charge in [0.05, 0.1) is 11.6 Å². The number of urea groups is 1. The smallest absolute Gasteiger partial charge is 0.324 e. The normalized spacial score (nSPS) is 18.5. The monoisotopic (exact) mass is 380 g/mol. The second-order valence-corrected chi connectivity index (χ2v) is 6.33. The lowest BCUT2D eigenvalue weighted by molar-refractivity contribution is -0.134. The molecule has 2 N–H and O–H groups in total. The first kappa shape index (κ1) is 19.0. The quantitative estimate of drug-likeness (QED) is 0.778. The van der Waals surface area contributed by atoms with Crippen molar-refractivity contribution in [2.75, 3.05) is 11.9 Å². The van der Waals surface area contributed by atoms with E-state index >= 15 is 0 Å². The molecule has 0 radical (unpaired) electrons. The van der Waals surface area contributed by atoms with E-state index in [0.717, 1.165) is 4.90 Å². The minimum absolute atomic E-state index is 0.242. The van der Waals surface area contributed by atoms with E-state index in [4.69, 9.17) is 5.26 Å². The number of hydrogen-bond acceptors (Lipinski definition) is 4. The number of carbonyl (C=O) groups excluding carboxylic acids is 3. The largest absolute Gasteiger partial charge is 0.325 e. The average molecular weight is 380 g/mol. The van der Waals surface area contributed by atoms with Crippen LogP contribution in [0.5, 0.6) is 0 Å². The predicted octanol–water partition coefficient (Wildman–Crippen LogP) is 2.49. The summed E-state index contributed by atoms with van der Waals surface area (Å²) in [7, 11) is 0. The van der Waals surface area contributed by atoms with Gasteiger partial charge in [-0.15, -0.1) is 0 Å². The lowest BCUT2D eigenvalue weighted by Gasteiger charge is -2.25. The fourth-order valence-electron chi connectivity index (χ4n) is 3.15. The molecule has 0 spiro atoms. The third-order valence-corrected chi connectivity index (χ3v) is 4.62. The highest BCUT2D eigenvalue weighted by Gasteiger charge is 2.51. The zero-order valence-corrected chi connectivity index (χ0v) is 15.0. The molecule has 1 aliphatic rings. The molecule has 4 amide bonds. The van der Waals surface area contributed by atoms with Crippen molar-refractivity contribution in [3.8, 4) is 6.07 Å². The Labute approximate surface area is 160 Å². The van der Waals surface area contributed by atoms with Gasteiger partial charge in [0.2, 0.25) is 5.91 Å². The number of nitrogens with one attached hydrogen (secondary N) is 2. The third-order valence-electron chi connectivity index (χ3n) is 4.62. The number of benzene rings is 2. The van der Waals surface area contributed by atoms with Gasteiger partial charge in [-0.05, 0) is 42.3 Å². The molecule has 0 aliphatic carbocycles. The van der Waals surface area contributed by atoms with E-state index in [0.29, 0.717) is 16.8 Å². The summed E-state index contributed by atoms with van der Waals surface area (Å²) < 4.78 is 13.2. The molecule has 8 heteroatoms. The van der Waals surface area contributed by atoms with Crippen molar-refractivity contribution in [1.82, 2.24) is 10.2 Å². The summed E-state index contributed by atoms with van der Waals surface area (Å²) in [4.78, 5) is 38.5. The van der Waals surface area contributed by atoms with Crippen LogP contribution in [0.3, 0.4) is 0 Å². The van der Waals surface area contributed by atoms with Gasteiger partial charge in [-0.25, -0.2) is 9.18 Å². The summed E-state index contributed by atoms with van der Waals surface area (Å²) in [6.07, 6.45) is 0.242. The number of nitrogens with zero attached hydrogens (tertiary/aromatic N) is 2. The van der Waals surface area contributed by atoms with Gasteiger partial charge in [-0.1, -0.05) is 25.1 Å². The molecule has 0 saturated carbocycles. The Balaban J connectivity index is 1.78. The van der Waals surface area contributed by atoms with Gasteiger partial charge < -0.3 is 10.6 Å². The van der Waals surface area contributed by atoms with Crippen LogP contribution in [0.1, 0.15) is 24.5 Å². The van der Waals surface area contributed by atoms with Crippen molar-refractivity contribution in [2.45, 2.75) is 18.9 Å². The second kappa shape index (κ2) is 7.48. The van der Waals surface area contributed by atoms with E-state index in [2.05, 4.69) is 10.6 Å². The lowest BCUT2D eigenvalue weighted by Crippen LogP contribution is -2.44. The molecule has 0 aromatic heterocycles. The van der Waals surface area contributed by atoms with Gasteiger partial charge in [0, 0.05) is 5.69 Å². The number of amides is 4.